The number of hydrogen-bond donors (Lipinski definition) is 2. The van der Waals surface area contributed by atoms with E-state index in [9.17, 15) is 14.7 Å². The van der Waals surface area contributed by atoms with Crippen LogP contribution in [0.1, 0.15) is 4.88 Å². The van der Waals surface area contributed by atoms with Crippen LogP contribution in [0, 0.1) is 6.92 Å². The van der Waals surface area contributed by atoms with Crippen molar-refractivity contribution in [1.29, 1.82) is 0 Å². The van der Waals surface area contributed by atoms with E-state index < -0.39 is 5.69 Å². The van der Waals surface area contributed by atoms with Crippen LogP contribution >= 0.6 is 11.3 Å². The fraction of sp³-hybridized carbons (Fsp3) is 0.0769. The maximum absolute atomic E-state index is 12.3. The summed E-state index contributed by atoms with van der Waals surface area (Å²) in [5, 5.41) is 10.3. The van der Waals surface area contributed by atoms with Crippen molar-refractivity contribution in [2.75, 3.05) is 0 Å². The molecule has 0 atom stereocenters. The number of thiophene rings is 1. The zero-order chi connectivity index (χ0) is 13.6. The largest absolute Gasteiger partial charge is 0.508 e. The summed E-state index contributed by atoms with van der Waals surface area (Å²) in [6, 6.07) is 7.88. The number of phenolic OH excluding ortho intramolecular Hbond substituents is 1. The Morgan fingerprint density at radius 2 is 2.00 bits per heavy atom. The molecule has 5 nitrogen and oxygen atoms in total. The summed E-state index contributed by atoms with van der Waals surface area (Å²) >= 11 is 1.37. The van der Waals surface area contributed by atoms with Crippen molar-refractivity contribution < 1.29 is 5.11 Å². The van der Waals surface area contributed by atoms with Crippen molar-refractivity contribution in [1.82, 2.24) is 9.55 Å². The Labute approximate surface area is 111 Å². The first-order chi connectivity index (χ1) is 9.06. The van der Waals surface area contributed by atoms with Crippen molar-refractivity contribution in [3.63, 3.8) is 0 Å². The van der Waals surface area contributed by atoms with Gasteiger partial charge in [0, 0.05) is 10.9 Å². The number of aromatic nitrogens is 2. The van der Waals surface area contributed by atoms with Crippen LogP contribution in [0.15, 0.2) is 39.9 Å². The lowest BCUT2D eigenvalue weighted by Gasteiger charge is -2.04. The summed E-state index contributed by atoms with van der Waals surface area (Å²) in [6.07, 6.45) is 0. The quantitative estimate of drug-likeness (QED) is 0.710. The molecule has 3 aromatic rings. The fourth-order valence-corrected chi connectivity index (χ4v) is 2.81. The van der Waals surface area contributed by atoms with E-state index in [4.69, 9.17) is 0 Å². The van der Waals surface area contributed by atoms with Gasteiger partial charge in [-0.25, -0.2) is 9.36 Å². The second-order valence-corrected chi connectivity index (χ2v) is 5.45. The van der Waals surface area contributed by atoms with Crippen LogP contribution in [0.5, 0.6) is 5.75 Å². The summed E-state index contributed by atoms with van der Waals surface area (Å²) in [7, 11) is 0. The van der Waals surface area contributed by atoms with Gasteiger partial charge < -0.3 is 10.1 Å². The summed E-state index contributed by atoms with van der Waals surface area (Å²) in [6.45, 7) is 1.91. The minimum atomic E-state index is -0.509. The number of aryl methyl sites for hydroxylation is 1. The monoisotopic (exact) mass is 274 g/mol. The Bertz CT molecular complexity index is 889. The first-order valence-electron chi connectivity index (χ1n) is 5.61. The lowest BCUT2D eigenvalue weighted by molar-refractivity contribution is 0.476. The third-order valence-corrected chi connectivity index (χ3v) is 3.81. The van der Waals surface area contributed by atoms with Crippen molar-refractivity contribution in [2.24, 2.45) is 0 Å². The molecule has 0 aliphatic heterocycles. The van der Waals surface area contributed by atoms with Gasteiger partial charge in [0.25, 0.3) is 5.56 Å². The van der Waals surface area contributed by atoms with Gasteiger partial charge >= 0.3 is 5.69 Å². The summed E-state index contributed by atoms with van der Waals surface area (Å²) in [5.41, 5.74) is -0.565. The minimum absolute atomic E-state index is 0.00673. The van der Waals surface area contributed by atoms with Gasteiger partial charge in [0.2, 0.25) is 0 Å². The van der Waals surface area contributed by atoms with Gasteiger partial charge in [0.1, 0.15) is 10.8 Å². The average molecular weight is 274 g/mol. The number of rotatable bonds is 1. The molecular weight excluding hydrogens is 264 g/mol. The molecule has 96 valence electrons. The molecule has 0 saturated heterocycles. The lowest BCUT2D eigenvalue weighted by Crippen LogP contribution is -2.32. The Hall–Kier alpha value is -2.34. The predicted molar refractivity (Wildman–Crippen MR) is 74.4 cm³/mol. The van der Waals surface area contributed by atoms with Gasteiger partial charge in [-0.2, -0.15) is 0 Å². The molecular formula is C13H10N2O3S. The van der Waals surface area contributed by atoms with E-state index in [0.717, 1.165) is 9.44 Å². The van der Waals surface area contributed by atoms with Crippen molar-refractivity contribution in [2.45, 2.75) is 6.92 Å². The first kappa shape index (κ1) is 11.7. The molecule has 0 amide bonds. The molecule has 0 spiro atoms. The molecule has 2 heterocycles. The smallest absolute Gasteiger partial charge is 0.334 e. The third kappa shape index (κ3) is 1.86. The fourth-order valence-electron chi connectivity index (χ4n) is 1.95. The van der Waals surface area contributed by atoms with E-state index in [1.165, 1.54) is 29.5 Å². The molecule has 3 rings (SSSR count). The highest BCUT2D eigenvalue weighted by molar-refractivity contribution is 7.14. The van der Waals surface area contributed by atoms with Gasteiger partial charge in [-0.05, 0) is 31.2 Å². The molecule has 0 unspecified atom stereocenters. The third-order valence-electron chi connectivity index (χ3n) is 2.83. The second-order valence-electron chi connectivity index (χ2n) is 4.18. The Balaban J connectivity index is 2.41. The normalized spacial score (nSPS) is 11.0. The molecule has 0 saturated carbocycles. The molecule has 0 bridgehead atoms. The highest BCUT2D eigenvalue weighted by atomic mass is 32.1. The van der Waals surface area contributed by atoms with Crippen LogP contribution in [0.3, 0.4) is 0 Å². The highest BCUT2D eigenvalue weighted by Gasteiger charge is 2.11. The Kier molecular flexibility index (Phi) is 2.53. The summed E-state index contributed by atoms with van der Waals surface area (Å²) < 4.78 is 1.11. The van der Waals surface area contributed by atoms with E-state index in [2.05, 4.69) is 4.98 Å². The molecule has 0 fully saturated rings. The van der Waals surface area contributed by atoms with E-state index in [1.54, 1.807) is 6.07 Å². The number of benzene rings is 1. The number of nitrogens with one attached hydrogen (secondary N) is 1. The Morgan fingerprint density at radius 3 is 2.68 bits per heavy atom. The molecule has 2 N–H and O–H groups in total. The number of aromatic hydroxyl groups is 1. The number of phenols is 1. The summed E-state index contributed by atoms with van der Waals surface area (Å²) in [4.78, 5) is 28.0. The summed E-state index contributed by atoms with van der Waals surface area (Å²) in [5.74, 6) is 0.00673. The topological polar surface area (TPSA) is 75.1 Å². The first-order valence-corrected chi connectivity index (χ1v) is 6.43. The van der Waals surface area contributed by atoms with Crippen LogP contribution in [-0.2, 0) is 0 Å². The van der Waals surface area contributed by atoms with Gasteiger partial charge in [0.05, 0.1) is 10.9 Å². The van der Waals surface area contributed by atoms with Crippen molar-refractivity contribution >= 4 is 22.2 Å². The maximum Gasteiger partial charge on any atom is 0.334 e. The average Bonchev–Trinajstić information content (AvgIpc) is 2.75. The molecule has 0 aliphatic rings. The lowest BCUT2D eigenvalue weighted by atomic mass is 10.2. The van der Waals surface area contributed by atoms with Gasteiger partial charge in [-0.3, -0.25) is 4.79 Å². The molecule has 2 aromatic heterocycles. The predicted octanol–water partition coefficient (Wildman–Crippen LogP) is 1.75. The van der Waals surface area contributed by atoms with Crippen LogP contribution in [0.25, 0.3) is 15.9 Å². The van der Waals surface area contributed by atoms with Crippen molar-refractivity contribution in [3.05, 3.63) is 56.0 Å². The minimum Gasteiger partial charge on any atom is -0.508 e. The molecule has 6 heteroatoms. The maximum atomic E-state index is 12.3. The number of fused-ring (bicyclic) bond motifs is 1. The molecule has 1 aromatic carbocycles. The number of hydrogen-bond acceptors (Lipinski definition) is 4. The number of nitrogens with zero attached hydrogens (tertiary/aromatic N) is 1. The van der Waals surface area contributed by atoms with Gasteiger partial charge in [-0.15, -0.1) is 11.3 Å². The van der Waals surface area contributed by atoms with Crippen molar-refractivity contribution in [3.8, 4) is 10.8 Å². The zero-order valence-electron chi connectivity index (χ0n) is 10.0. The molecule has 0 aliphatic carbocycles. The number of H-pyrrole nitrogens is 1. The van der Waals surface area contributed by atoms with Crippen LogP contribution in [0.2, 0.25) is 0 Å². The van der Waals surface area contributed by atoms with Crippen LogP contribution < -0.4 is 11.2 Å². The van der Waals surface area contributed by atoms with Gasteiger partial charge in [-0.1, -0.05) is 0 Å². The number of aromatic amines is 1. The highest BCUT2D eigenvalue weighted by Crippen LogP contribution is 2.18. The SMILES string of the molecule is Cc1ccc(-n2c(=O)[nH]c3cc(O)ccc3c2=O)s1. The van der Waals surface area contributed by atoms with E-state index >= 15 is 0 Å². The molecule has 0 radical (unpaired) electrons. The molecule has 19 heavy (non-hydrogen) atoms. The van der Waals surface area contributed by atoms with Crippen LogP contribution in [-0.4, -0.2) is 14.7 Å². The Morgan fingerprint density at radius 1 is 1.21 bits per heavy atom. The zero-order valence-corrected chi connectivity index (χ0v) is 10.8. The second kappa shape index (κ2) is 4.10. The van der Waals surface area contributed by atoms with E-state index in [0.29, 0.717) is 15.9 Å². The van der Waals surface area contributed by atoms with Crippen LogP contribution in [0.4, 0.5) is 0 Å². The standard InChI is InChI=1S/C13H10N2O3S/c1-7-2-5-11(19-7)15-12(17)9-4-3-8(16)6-10(9)14-13(15)18/h2-6,16H,1H3,(H,14,18). The van der Waals surface area contributed by atoms with E-state index in [-0.39, 0.29) is 11.3 Å². The van der Waals surface area contributed by atoms with Gasteiger partial charge in [0.15, 0.2) is 0 Å². The van der Waals surface area contributed by atoms with E-state index in [1.807, 2.05) is 13.0 Å².